The third kappa shape index (κ3) is 3.61. The van der Waals surface area contributed by atoms with Crippen LogP contribution in [-0.2, 0) is 9.59 Å². The topological polar surface area (TPSA) is 98.7 Å². The summed E-state index contributed by atoms with van der Waals surface area (Å²) in [5.41, 5.74) is 0. The molecule has 1 unspecified atom stereocenters. The molecule has 0 aromatic heterocycles. The Bertz CT molecular complexity index is 393. The molecule has 0 radical (unpaired) electrons. The van der Waals surface area contributed by atoms with Gasteiger partial charge in [0.25, 0.3) is 0 Å². The molecular formula is C13H21N3O4. The molecule has 20 heavy (non-hydrogen) atoms. The fourth-order valence-corrected chi connectivity index (χ4v) is 2.87. The van der Waals surface area contributed by atoms with E-state index in [9.17, 15) is 14.4 Å². The molecule has 1 saturated carbocycles. The zero-order chi connectivity index (χ0) is 14.5. The minimum atomic E-state index is -1.08. The molecule has 0 bridgehead atoms. The van der Waals surface area contributed by atoms with Crippen molar-refractivity contribution >= 4 is 17.9 Å². The van der Waals surface area contributed by atoms with Crippen LogP contribution in [-0.4, -0.2) is 53.6 Å². The number of hydrogen-bond donors (Lipinski definition) is 3. The number of carbonyl (C=O) groups excluding carboxylic acids is 2. The quantitative estimate of drug-likeness (QED) is 0.684. The molecule has 2 fully saturated rings. The number of nitrogens with zero attached hydrogens (tertiary/aromatic N) is 1. The Morgan fingerprint density at radius 3 is 2.70 bits per heavy atom. The van der Waals surface area contributed by atoms with Gasteiger partial charge in [-0.2, -0.15) is 0 Å². The molecule has 1 aliphatic heterocycles. The van der Waals surface area contributed by atoms with E-state index in [2.05, 4.69) is 10.6 Å². The van der Waals surface area contributed by atoms with E-state index in [4.69, 9.17) is 5.11 Å². The zero-order valence-electron chi connectivity index (χ0n) is 11.4. The highest BCUT2D eigenvalue weighted by Gasteiger charge is 2.34. The van der Waals surface area contributed by atoms with Crippen molar-refractivity contribution in [2.75, 3.05) is 19.6 Å². The molecule has 0 aromatic carbocycles. The Morgan fingerprint density at radius 1 is 1.35 bits per heavy atom. The van der Waals surface area contributed by atoms with Crippen molar-refractivity contribution in [1.82, 2.24) is 15.5 Å². The van der Waals surface area contributed by atoms with Crippen LogP contribution in [0.1, 0.15) is 32.1 Å². The Morgan fingerprint density at radius 2 is 2.05 bits per heavy atom. The Hall–Kier alpha value is -1.79. The van der Waals surface area contributed by atoms with E-state index < -0.39 is 17.9 Å². The SMILES string of the molecule is O=C(O)CC1C(=O)NCCN1C(=O)NCC1CCCC1. The molecule has 112 valence electrons. The third-order valence-corrected chi connectivity index (χ3v) is 3.98. The molecule has 0 aromatic rings. The number of carboxylic acid groups (broad SMARTS) is 1. The number of urea groups is 1. The maximum atomic E-state index is 12.1. The Balaban J connectivity index is 1.90. The van der Waals surface area contributed by atoms with Gasteiger partial charge in [-0.3, -0.25) is 9.59 Å². The fraction of sp³-hybridized carbons (Fsp3) is 0.769. The van der Waals surface area contributed by atoms with Crippen LogP contribution in [0.25, 0.3) is 0 Å². The highest BCUT2D eigenvalue weighted by molar-refractivity contribution is 5.91. The predicted octanol–water partition coefficient (Wildman–Crippen LogP) is 0.161. The first kappa shape index (κ1) is 14.6. The number of carbonyl (C=O) groups is 3. The van der Waals surface area contributed by atoms with Crippen LogP contribution in [0.5, 0.6) is 0 Å². The zero-order valence-corrected chi connectivity index (χ0v) is 11.4. The van der Waals surface area contributed by atoms with Crippen LogP contribution in [0.2, 0.25) is 0 Å². The predicted molar refractivity (Wildman–Crippen MR) is 71.1 cm³/mol. The summed E-state index contributed by atoms with van der Waals surface area (Å²) < 4.78 is 0. The summed E-state index contributed by atoms with van der Waals surface area (Å²) in [7, 11) is 0. The molecule has 2 aliphatic rings. The van der Waals surface area contributed by atoms with Gasteiger partial charge in [-0.15, -0.1) is 0 Å². The summed E-state index contributed by atoms with van der Waals surface area (Å²) in [6.45, 7) is 1.32. The fourth-order valence-electron chi connectivity index (χ4n) is 2.87. The summed E-state index contributed by atoms with van der Waals surface area (Å²) >= 11 is 0. The normalized spacial score (nSPS) is 23.5. The molecular weight excluding hydrogens is 262 g/mol. The summed E-state index contributed by atoms with van der Waals surface area (Å²) in [6, 6.07) is -1.25. The maximum absolute atomic E-state index is 12.1. The minimum Gasteiger partial charge on any atom is -0.481 e. The van der Waals surface area contributed by atoms with Gasteiger partial charge in [0.2, 0.25) is 5.91 Å². The monoisotopic (exact) mass is 283 g/mol. The van der Waals surface area contributed by atoms with Crippen molar-refractivity contribution in [2.24, 2.45) is 5.92 Å². The number of piperazine rings is 1. The number of amides is 3. The smallest absolute Gasteiger partial charge is 0.318 e. The van der Waals surface area contributed by atoms with Crippen molar-refractivity contribution in [3.8, 4) is 0 Å². The van der Waals surface area contributed by atoms with E-state index in [1.54, 1.807) is 0 Å². The lowest BCUT2D eigenvalue weighted by Crippen LogP contribution is -2.60. The average Bonchev–Trinajstić information content (AvgIpc) is 2.91. The lowest BCUT2D eigenvalue weighted by Gasteiger charge is -2.34. The first-order valence-corrected chi connectivity index (χ1v) is 7.12. The number of aliphatic carboxylic acids is 1. The van der Waals surface area contributed by atoms with E-state index in [0.29, 0.717) is 25.6 Å². The second-order valence-electron chi connectivity index (χ2n) is 5.43. The molecule has 3 amide bonds. The van der Waals surface area contributed by atoms with Crippen molar-refractivity contribution in [3.05, 3.63) is 0 Å². The van der Waals surface area contributed by atoms with Crippen LogP contribution in [0.15, 0.2) is 0 Å². The molecule has 1 aliphatic carbocycles. The second-order valence-corrected chi connectivity index (χ2v) is 5.43. The van der Waals surface area contributed by atoms with E-state index >= 15 is 0 Å². The van der Waals surface area contributed by atoms with E-state index in [1.807, 2.05) is 0 Å². The summed E-state index contributed by atoms with van der Waals surface area (Å²) in [5.74, 6) is -0.967. The first-order valence-electron chi connectivity index (χ1n) is 7.12. The van der Waals surface area contributed by atoms with Gasteiger partial charge in [0.1, 0.15) is 6.04 Å². The lowest BCUT2D eigenvalue weighted by molar-refractivity contribution is -0.142. The highest BCUT2D eigenvalue weighted by Crippen LogP contribution is 2.23. The molecule has 7 heteroatoms. The van der Waals surface area contributed by atoms with Crippen LogP contribution in [0, 0.1) is 5.92 Å². The molecule has 3 N–H and O–H groups in total. The summed E-state index contributed by atoms with van der Waals surface area (Å²) in [6.07, 6.45) is 4.30. The molecule has 0 spiro atoms. The molecule has 1 atom stereocenters. The van der Waals surface area contributed by atoms with Crippen LogP contribution < -0.4 is 10.6 Å². The highest BCUT2D eigenvalue weighted by atomic mass is 16.4. The average molecular weight is 283 g/mol. The van der Waals surface area contributed by atoms with Gasteiger partial charge in [-0.25, -0.2) is 4.79 Å². The van der Waals surface area contributed by atoms with Gasteiger partial charge in [0.15, 0.2) is 0 Å². The van der Waals surface area contributed by atoms with Crippen LogP contribution in [0.4, 0.5) is 4.79 Å². The van der Waals surface area contributed by atoms with Crippen LogP contribution >= 0.6 is 0 Å². The van der Waals surface area contributed by atoms with Gasteiger partial charge in [-0.1, -0.05) is 12.8 Å². The minimum absolute atomic E-state index is 0.335. The van der Waals surface area contributed by atoms with Gasteiger partial charge in [0.05, 0.1) is 6.42 Å². The molecule has 1 heterocycles. The number of hydrogen-bond acceptors (Lipinski definition) is 3. The number of nitrogens with one attached hydrogen (secondary N) is 2. The first-order chi connectivity index (χ1) is 9.58. The van der Waals surface area contributed by atoms with Crippen molar-refractivity contribution in [3.63, 3.8) is 0 Å². The van der Waals surface area contributed by atoms with E-state index in [1.165, 1.54) is 17.7 Å². The number of rotatable bonds is 4. The van der Waals surface area contributed by atoms with Crippen molar-refractivity contribution < 1.29 is 19.5 Å². The molecule has 1 saturated heterocycles. The van der Waals surface area contributed by atoms with Gasteiger partial charge in [-0.05, 0) is 18.8 Å². The maximum Gasteiger partial charge on any atom is 0.318 e. The van der Waals surface area contributed by atoms with Crippen molar-refractivity contribution in [1.29, 1.82) is 0 Å². The lowest BCUT2D eigenvalue weighted by atomic mass is 10.1. The Labute approximate surface area is 117 Å². The summed E-state index contributed by atoms with van der Waals surface area (Å²) in [4.78, 5) is 36.0. The summed E-state index contributed by atoms with van der Waals surface area (Å²) in [5, 5.41) is 14.3. The molecule has 7 nitrogen and oxygen atoms in total. The van der Waals surface area contributed by atoms with Gasteiger partial charge in [0, 0.05) is 19.6 Å². The van der Waals surface area contributed by atoms with Crippen molar-refractivity contribution in [2.45, 2.75) is 38.1 Å². The molecule has 2 rings (SSSR count). The largest absolute Gasteiger partial charge is 0.481 e. The van der Waals surface area contributed by atoms with E-state index in [-0.39, 0.29) is 12.5 Å². The third-order valence-electron chi connectivity index (χ3n) is 3.98. The van der Waals surface area contributed by atoms with Gasteiger partial charge >= 0.3 is 12.0 Å². The second kappa shape index (κ2) is 6.58. The standard InChI is InChI=1S/C13H21N3O4/c17-11(18)7-10-12(19)14-5-6-16(10)13(20)15-8-9-3-1-2-4-9/h9-10H,1-8H2,(H,14,19)(H,15,20)(H,17,18). The van der Waals surface area contributed by atoms with Crippen LogP contribution in [0.3, 0.4) is 0 Å². The van der Waals surface area contributed by atoms with Gasteiger partial charge < -0.3 is 20.6 Å². The Kier molecular flexibility index (Phi) is 4.81. The number of carboxylic acids is 1. The van der Waals surface area contributed by atoms with E-state index in [0.717, 1.165) is 12.8 Å².